The summed E-state index contributed by atoms with van der Waals surface area (Å²) in [6.07, 6.45) is 32.1. The van der Waals surface area contributed by atoms with Crippen molar-refractivity contribution in [2.75, 3.05) is 40.9 Å². The van der Waals surface area contributed by atoms with E-state index in [1.807, 2.05) is 27.2 Å². The van der Waals surface area contributed by atoms with Crippen LogP contribution in [0.15, 0.2) is 24.3 Å². The van der Waals surface area contributed by atoms with Gasteiger partial charge in [0.25, 0.3) is 7.82 Å². The van der Waals surface area contributed by atoms with Crippen LogP contribution >= 0.6 is 7.82 Å². The molecule has 0 spiro atoms. The number of likely N-dealkylation sites (N-methyl/N-ethyl adjacent to an activating group) is 1. The highest BCUT2D eigenvalue weighted by Gasteiger charge is 2.23. The molecule has 0 radical (unpaired) electrons. The lowest BCUT2D eigenvalue weighted by Gasteiger charge is -2.29. The molecule has 46 heavy (non-hydrogen) atoms. The van der Waals surface area contributed by atoms with Crippen LogP contribution in [0, 0.1) is 0 Å². The third-order valence-corrected chi connectivity index (χ3v) is 9.10. The van der Waals surface area contributed by atoms with Crippen molar-refractivity contribution in [3.63, 3.8) is 0 Å². The zero-order valence-corrected chi connectivity index (χ0v) is 31.4. The van der Waals surface area contributed by atoms with Crippen molar-refractivity contribution in [3.05, 3.63) is 24.3 Å². The molecular weight excluding hydrogens is 599 g/mol. The molecule has 0 aliphatic carbocycles. The van der Waals surface area contributed by atoms with Crippen molar-refractivity contribution in [2.24, 2.45) is 0 Å². The van der Waals surface area contributed by atoms with E-state index in [0.717, 1.165) is 38.5 Å². The summed E-state index contributed by atoms with van der Waals surface area (Å²) < 4.78 is 23.0. The minimum Gasteiger partial charge on any atom is -0.756 e. The van der Waals surface area contributed by atoms with Crippen LogP contribution in [-0.2, 0) is 18.4 Å². The number of aliphatic hydroxyl groups excluding tert-OH is 1. The number of amides is 1. The average molecular weight is 673 g/mol. The molecule has 0 aromatic carbocycles. The van der Waals surface area contributed by atoms with Gasteiger partial charge in [0.05, 0.1) is 39.9 Å². The van der Waals surface area contributed by atoms with Gasteiger partial charge in [0.15, 0.2) is 0 Å². The van der Waals surface area contributed by atoms with Crippen LogP contribution < -0.4 is 10.2 Å². The van der Waals surface area contributed by atoms with Gasteiger partial charge in [-0.05, 0) is 38.5 Å². The molecule has 8 nitrogen and oxygen atoms in total. The molecule has 0 bridgehead atoms. The highest BCUT2D eigenvalue weighted by atomic mass is 31.2. The molecule has 272 valence electrons. The number of phosphoric acid groups is 1. The molecule has 2 N–H and O–H groups in total. The summed E-state index contributed by atoms with van der Waals surface area (Å²) in [5.74, 6) is -0.204. The lowest BCUT2D eigenvalue weighted by atomic mass is 10.0. The Hall–Kier alpha value is -1.02. The van der Waals surface area contributed by atoms with E-state index in [1.54, 1.807) is 6.08 Å². The number of unbranched alkanes of at least 4 members (excludes halogenated alkanes) is 18. The first-order valence-electron chi connectivity index (χ1n) is 18.7. The predicted molar refractivity (Wildman–Crippen MR) is 192 cm³/mol. The maximum absolute atomic E-state index is 12.7. The Balaban J connectivity index is 4.57. The van der Waals surface area contributed by atoms with Gasteiger partial charge >= 0.3 is 0 Å². The fraction of sp³-hybridized carbons (Fsp3) is 0.865. The Morgan fingerprint density at radius 1 is 0.739 bits per heavy atom. The monoisotopic (exact) mass is 673 g/mol. The molecular formula is C37H73N2O6P. The molecule has 0 aliphatic rings. The van der Waals surface area contributed by atoms with Crippen molar-refractivity contribution in [3.8, 4) is 0 Å². The molecule has 0 rings (SSSR count). The number of quaternary nitrogens is 1. The summed E-state index contributed by atoms with van der Waals surface area (Å²) in [7, 11) is 1.25. The van der Waals surface area contributed by atoms with Crippen molar-refractivity contribution >= 4 is 13.7 Å². The highest BCUT2D eigenvalue weighted by molar-refractivity contribution is 7.45. The number of nitrogens with one attached hydrogen (secondary N) is 1. The first-order chi connectivity index (χ1) is 22.0. The number of rotatable bonds is 33. The summed E-state index contributed by atoms with van der Waals surface area (Å²) in [5.41, 5.74) is 0. The predicted octanol–water partition coefficient (Wildman–Crippen LogP) is 8.77. The molecule has 9 heteroatoms. The molecule has 3 atom stereocenters. The van der Waals surface area contributed by atoms with E-state index in [1.165, 1.54) is 96.3 Å². The zero-order chi connectivity index (χ0) is 34.4. The quantitative estimate of drug-likeness (QED) is 0.0312. The molecule has 1 amide bonds. The van der Waals surface area contributed by atoms with E-state index in [-0.39, 0.29) is 19.1 Å². The van der Waals surface area contributed by atoms with Crippen molar-refractivity contribution in [1.82, 2.24) is 5.32 Å². The molecule has 0 aromatic heterocycles. The largest absolute Gasteiger partial charge is 0.756 e. The first-order valence-corrected chi connectivity index (χ1v) is 20.2. The number of carbonyl (C=O) groups excluding carboxylic acids is 1. The number of nitrogens with zero attached hydrogens (tertiary/aromatic N) is 1. The van der Waals surface area contributed by atoms with E-state index < -0.39 is 20.0 Å². The van der Waals surface area contributed by atoms with Crippen LogP contribution in [-0.4, -0.2) is 68.5 Å². The Kier molecular flexibility index (Phi) is 29.4. The fourth-order valence-corrected chi connectivity index (χ4v) is 5.82. The Labute approximate surface area is 284 Å². The lowest BCUT2D eigenvalue weighted by molar-refractivity contribution is -0.870. The number of carbonyl (C=O) groups is 1. The smallest absolute Gasteiger partial charge is 0.268 e. The van der Waals surface area contributed by atoms with Gasteiger partial charge in [0, 0.05) is 6.42 Å². The van der Waals surface area contributed by atoms with Gasteiger partial charge in [-0.15, -0.1) is 0 Å². The number of hydrogen-bond donors (Lipinski definition) is 2. The summed E-state index contributed by atoms with van der Waals surface area (Å²) in [6, 6.07) is -0.882. The topological polar surface area (TPSA) is 108 Å². The number of phosphoric ester groups is 1. The minimum absolute atomic E-state index is 0.00137. The van der Waals surface area contributed by atoms with Gasteiger partial charge in [-0.2, -0.15) is 0 Å². The Morgan fingerprint density at radius 3 is 1.78 bits per heavy atom. The molecule has 0 fully saturated rings. The summed E-state index contributed by atoms with van der Waals surface area (Å²) in [5, 5.41) is 13.7. The second kappa shape index (κ2) is 30.1. The van der Waals surface area contributed by atoms with E-state index in [4.69, 9.17) is 9.05 Å². The molecule has 0 saturated heterocycles. The second-order valence-electron chi connectivity index (χ2n) is 13.9. The normalized spacial score (nSPS) is 15.0. The molecule has 1 unspecified atom stereocenters. The van der Waals surface area contributed by atoms with Gasteiger partial charge in [-0.3, -0.25) is 9.36 Å². The van der Waals surface area contributed by atoms with E-state index in [0.29, 0.717) is 17.4 Å². The van der Waals surface area contributed by atoms with E-state index in [2.05, 4.69) is 31.3 Å². The van der Waals surface area contributed by atoms with Crippen molar-refractivity contribution in [2.45, 2.75) is 167 Å². The van der Waals surface area contributed by atoms with E-state index in [9.17, 15) is 19.4 Å². The SMILES string of the molecule is CCC/C=C/CCCCCCCC/C=C/[C@@H](O)[C@H](COP(=O)([O-])OCC[N+](C)(C)C)NC(=O)CCCCCCCCCCCCC. The third-order valence-electron chi connectivity index (χ3n) is 8.14. The van der Waals surface area contributed by atoms with Crippen LogP contribution in [0.5, 0.6) is 0 Å². The number of aliphatic hydroxyl groups is 1. The van der Waals surface area contributed by atoms with Gasteiger partial charge in [-0.25, -0.2) is 0 Å². The maximum Gasteiger partial charge on any atom is 0.268 e. The zero-order valence-electron chi connectivity index (χ0n) is 30.5. The van der Waals surface area contributed by atoms with Crippen molar-refractivity contribution in [1.29, 1.82) is 0 Å². The maximum atomic E-state index is 12.7. The Bertz CT molecular complexity index is 814. The average Bonchev–Trinajstić information content (AvgIpc) is 2.99. The first kappa shape index (κ1) is 45.0. The summed E-state index contributed by atoms with van der Waals surface area (Å²) in [6.45, 7) is 4.55. The van der Waals surface area contributed by atoms with Crippen LogP contribution in [0.3, 0.4) is 0 Å². The van der Waals surface area contributed by atoms with Crippen LogP contribution in [0.2, 0.25) is 0 Å². The van der Waals surface area contributed by atoms with Gasteiger partial charge in [-0.1, -0.05) is 134 Å². The second-order valence-corrected chi connectivity index (χ2v) is 15.3. The summed E-state index contributed by atoms with van der Waals surface area (Å²) in [4.78, 5) is 25.1. The van der Waals surface area contributed by atoms with Crippen molar-refractivity contribution < 1.29 is 32.9 Å². The van der Waals surface area contributed by atoms with Crippen LogP contribution in [0.4, 0.5) is 0 Å². The lowest BCUT2D eigenvalue weighted by Crippen LogP contribution is -2.45. The minimum atomic E-state index is -4.57. The number of hydrogen-bond acceptors (Lipinski definition) is 6. The van der Waals surface area contributed by atoms with Gasteiger partial charge in [0.2, 0.25) is 5.91 Å². The van der Waals surface area contributed by atoms with Crippen LogP contribution in [0.1, 0.15) is 155 Å². The van der Waals surface area contributed by atoms with Gasteiger partial charge in [0.1, 0.15) is 13.2 Å². The summed E-state index contributed by atoms with van der Waals surface area (Å²) >= 11 is 0. The van der Waals surface area contributed by atoms with Crippen LogP contribution in [0.25, 0.3) is 0 Å². The molecule has 0 heterocycles. The third kappa shape index (κ3) is 31.6. The fourth-order valence-electron chi connectivity index (χ4n) is 5.09. The molecule has 0 aliphatic heterocycles. The highest BCUT2D eigenvalue weighted by Crippen LogP contribution is 2.38. The Morgan fingerprint density at radius 2 is 1.24 bits per heavy atom. The standard InChI is InChI=1S/C37H73N2O6P/c1-6-8-10-12-14-16-18-19-21-22-24-26-28-30-36(40)35(34-45-46(42,43)44-33-32-39(3,4)5)38-37(41)31-29-27-25-23-20-17-15-13-11-9-7-2/h10,12,28,30,35-36,40H,6-9,11,13-27,29,31-34H2,1-5H3,(H-,38,41,42,43)/b12-10+,30-28+/t35-,36+/m0/s1. The number of allylic oxidation sites excluding steroid dienone is 3. The molecule has 0 saturated carbocycles. The molecule has 0 aromatic rings. The van der Waals surface area contributed by atoms with Gasteiger partial charge < -0.3 is 28.8 Å². The van der Waals surface area contributed by atoms with E-state index >= 15 is 0 Å².